The summed E-state index contributed by atoms with van der Waals surface area (Å²) >= 11 is 6.06. The van der Waals surface area contributed by atoms with Crippen molar-refractivity contribution < 1.29 is 4.74 Å². The lowest BCUT2D eigenvalue weighted by atomic mass is 10.1. The van der Waals surface area contributed by atoms with Crippen molar-refractivity contribution in [2.45, 2.75) is 13.3 Å². The van der Waals surface area contributed by atoms with E-state index in [9.17, 15) is 0 Å². The Hall–Kier alpha value is -2.07. The van der Waals surface area contributed by atoms with E-state index in [1.807, 2.05) is 19.1 Å². The van der Waals surface area contributed by atoms with Gasteiger partial charge in [-0.15, -0.1) is 0 Å². The van der Waals surface area contributed by atoms with E-state index in [4.69, 9.17) is 27.5 Å². The molecule has 1 aromatic carbocycles. The Bertz CT molecular complexity index is 613. The average molecular weight is 276 g/mol. The van der Waals surface area contributed by atoms with Gasteiger partial charge in [-0.05, 0) is 36.2 Å². The molecule has 98 valence electrons. The Balaban J connectivity index is 2.26. The molecule has 0 bridgehead atoms. The maximum Gasteiger partial charge on any atom is 0.141 e. The lowest BCUT2D eigenvalue weighted by Crippen LogP contribution is -2.12. The number of aromatic nitrogens is 1. The Morgan fingerprint density at radius 1 is 1.32 bits per heavy atom. The van der Waals surface area contributed by atoms with Gasteiger partial charge in [0.15, 0.2) is 0 Å². The highest BCUT2D eigenvalue weighted by molar-refractivity contribution is 6.31. The molecule has 2 aromatic rings. The first-order chi connectivity index (χ1) is 9.10. The monoisotopic (exact) mass is 275 g/mol. The first-order valence-electron chi connectivity index (χ1n) is 5.87. The van der Waals surface area contributed by atoms with Gasteiger partial charge in [0.05, 0.1) is 0 Å². The summed E-state index contributed by atoms with van der Waals surface area (Å²) in [4.78, 5) is 3.98. The van der Waals surface area contributed by atoms with Crippen LogP contribution in [0, 0.1) is 5.41 Å². The molecule has 0 fully saturated rings. The molecule has 19 heavy (non-hydrogen) atoms. The zero-order valence-electron chi connectivity index (χ0n) is 10.5. The minimum atomic E-state index is -0.0872. The molecule has 2 rings (SSSR count). The Morgan fingerprint density at radius 3 is 2.74 bits per heavy atom. The van der Waals surface area contributed by atoms with E-state index in [0.29, 0.717) is 17.2 Å². The minimum Gasteiger partial charge on any atom is -0.457 e. The van der Waals surface area contributed by atoms with Crippen molar-refractivity contribution in [3.63, 3.8) is 0 Å². The first-order valence-corrected chi connectivity index (χ1v) is 6.24. The van der Waals surface area contributed by atoms with Gasteiger partial charge in [0.1, 0.15) is 23.0 Å². The third kappa shape index (κ3) is 3.23. The second-order valence-electron chi connectivity index (χ2n) is 4.00. The third-order valence-corrected chi connectivity index (χ3v) is 3.01. The number of halogens is 1. The van der Waals surface area contributed by atoms with Crippen molar-refractivity contribution in [3.8, 4) is 11.5 Å². The summed E-state index contributed by atoms with van der Waals surface area (Å²) in [5.41, 5.74) is 6.81. The van der Waals surface area contributed by atoms with Gasteiger partial charge in [-0.25, -0.2) is 0 Å². The molecule has 0 radical (unpaired) electrons. The van der Waals surface area contributed by atoms with Gasteiger partial charge in [0.25, 0.3) is 0 Å². The first kappa shape index (κ1) is 13.4. The molecule has 3 N–H and O–H groups in total. The number of nitrogens with one attached hydrogen (secondary N) is 1. The third-order valence-electron chi connectivity index (χ3n) is 2.64. The highest BCUT2D eigenvalue weighted by Gasteiger charge is 2.04. The van der Waals surface area contributed by atoms with E-state index in [2.05, 4.69) is 4.98 Å². The van der Waals surface area contributed by atoms with Crippen LogP contribution in [0.25, 0.3) is 0 Å². The van der Waals surface area contributed by atoms with Crippen LogP contribution in [-0.4, -0.2) is 10.8 Å². The smallest absolute Gasteiger partial charge is 0.141 e. The van der Waals surface area contributed by atoms with Crippen LogP contribution in [0.2, 0.25) is 5.02 Å². The minimum absolute atomic E-state index is 0.0872. The fraction of sp³-hybridized carbons (Fsp3) is 0.143. The fourth-order valence-electron chi connectivity index (χ4n) is 1.64. The number of nitrogen functional groups attached to an aromatic ring is 1. The molecule has 0 unspecified atom stereocenters. The van der Waals surface area contributed by atoms with Crippen LogP contribution in [-0.2, 0) is 6.42 Å². The summed E-state index contributed by atoms with van der Waals surface area (Å²) in [6.45, 7) is 2.03. The largest absolute Gasteiger partial charge is 0.457 e. The number of benzene rings is 1. The number of amidine groups is 1. The maximum absolute atomic E-state index is 7.35. The highest BCUT2D eigenvalue weighted by Crippen LogP contribution is 2.26. The van der Waals surface area contributed by atoms with E-state index in [1.54, 1.807) is 24.4 Å². The maximum atomic E-state index is 7.35. The molecule has 0 atom stereocenters. The molecule has 0 saturated carbocycles. The molecule has 4 nitrogen and oxygen atoms in total. The number of aryl methyl sites for hydroxylation is 1. The number of rotatable bonds is 4. The van der Waals surface area contributed by atoms with Gasteiger partial charge < -0.3 is 10.5 Å². The van der Waals surface area contributed by atoms with Crippen LogP contribution in [0.1, 0.15) is 18.2 Å². The van der Waals surface area contributed by atoms with Crippen molar-refractivity contribution in [2.75, 3.05) is 0 Å². The highest BCUT2D eigenvalue weighted by atomic mass is 35.5. The van der Waals surface area contributed by atoms with Crippen molar-refractivity contribution in [3.05, 3.63) is 52.8 Å². The van der Waals surface area contributed by atoms with Crippen LogP contribution in [0.15, 0.2) is 36.5 Å². The van der Waals surface area contributed by atoms with E-state index < -0.39 is 0 Å². The molecule has 1 heterocycles. The molecule has 1 aromatic heterocycles. The van der Waals surface area contributed by atoms with E-state index in [-0.39, 0.29) is 5.84 Å². The topological polar surface area (TPSA) is 72.0 Å². The van der Waals surface area contributed by atoms with E-state index in [1.165, 1.54) is 0 Å². The summed E-state index contributed by atoms with van der Waals surface area (Å²) in [6, 6.07) is 8.85. The van der Waals surface area contributed by atoms with E-state index in [0.717, 1.165) is 17.0 Å². The van der Waals surface area contributed by atoms with Crippen LogP contribution in [0.3, 0.4) is 0 Å². The van der Waals surface area contributed by atoms with Gasteiger partial charge in [0, 0.05) is 17.3 Å². The van der Waals surface area contributed by atoms with Gasteiger partial charge >= 0.3 is 0 Å². The number of hydrogen-bond donors (Lipinski definition) is 2. The summed E-state index contributed by atoms with van der Waals surface area (Å²) in [5.74, 6) is 1.20. The van der Waals surface area contributed by atoms with Crippen LogP contribution in [0.4, 0.5) is 0 Å². The molecule has 5 heteroatoms. The van der Waals surface area contributed by atoms with Crippen LogP contribution in [0.5, 0.6) is 11.5 Å². The summed E-state index contributed by atoms with van der Waals surface area (Å²) in [7, 11) is 0. The molecule has 0 saturated heterocycles. The lowest BCUT2D eigenvalue weighted by molar-refractivity contribution is 0.481. The zero-order chi connectivity index (χ0) is 13.8. The Labute approximate surface area is 116 Å². The molecular formula is C14H14ClN3O. The second kappa shape index (κ2) is 5.71. The molecule has 0 spiro atoms. The van der Waals surface area contributed by atoms with Crippen molar-refractivity contribution in [1.82, 2.24) is 4.98 Å². The van der Waals surface area contributed by atoms with E-state index >= 15 is 0 Å². The molecule has 0 aliphatic rings. The second-order valence-corrected chi connectivity index (χ2v) is 4.41. The molecule has 0 amide bonds. The fourth-order valence-corrected chi connectivity index (χ4v) is 1.89. The standard InChI is InChI=1S/C14H14ClN3O/c1-2-9-7-10(3-4-12(9)15)19-11-5-6-18-13(8-11)14(16)17/h3-8H,2H2,1H3,(H3,16,17). The normalized spacial score (nSPS) is 10.2. The molecule has 0 aliphatic heterocycles. The van der Waals surface area contributed by atoms with Crippen molar-refractivity contribution in [1.29, 1.82) is 5.41 Å². The summed E-state index contributed by atoms with van der Waals surface area (Å²) < 4.78 is 5.72. The number of hydrogen-bond acceptors (Lipinski definition) is 3. The number of pyridine rings is 1. The summed E-state index contributed by atoms with van der Waals surface area (Å²) in [6.07, 6.45) is 2.40. The number of nitrogens with zero attached hydrogens (tertiary/aromatic N) is 1. The van der Waals surface area contributed by atoms with Gasteiger partial charge in [-0.1, -0.05) is 18.5 Å². The van der Waals surface area contributed by atoms with Crippen molar-refractivity contribution >= 4 is 17.4 Å². The quantitative estimate of drug-likeness (QED) is 0.664. The van der Waals surface area contributed by atoms with Gasteiger partial charge in [-0.2, -0.15) is 0 Å². The lowest BCUT2D eigenvalue weighted by Gasteiger charge is -2.09. The molecular weight excluding hydrogens is 262 g/mol. The average Bonchev–Trinajstić information content (AvgIpc) is 2.41. The zero-order valence-corrected chi connectivity index (χ0v) is 11.2. The predicted molar refractivity (Wildman–Crippen MR) is 76.2 cm³/mol. The number of nitrogens with two attached hydrogens (primary N) is 1. The molecule has 0 aliphatic carbocycles. The van der Waals surface area contributed by atoms with Crippen molar-refractivity contribution in [2.24, 2.45) is 5.73 Å². The van der Waals surface area contributed by atoms with Crippen LogP contribution >= 0.6 is 11.6 Å². The Kier molecular flexibility index (Phi) is 4.02. The summed E-state index contributed by atoms with van der Waals surface area (Å²) in [5, 5.41) is 8.08. The SMILES string of the molecule is CCc1cc(Oc2ccnc(C(=N)N)c2)ccc1Cl. The Morgan fingerprint density at radius 2 is 2.05 bits per heavy atom. The van der Waals surface area contributed by atoms with Gasteiger partial charge in [0.2, 0.25) is 0 Å². The van der Waals surface area contributed by atoms with Gasteiger partial charge in [-0.3, -0.25) is 10.4 Å². The predicted octanol–water partition coefficient (Wildman–Crippen LogP) is 3.37. The van der Waals surface area contributed by atoms with Crippen LogP contribution < -0.4 is 10.5 Å². The number of ether oxygens (including phenoxy) is 1.